The van der Waals surface area contributed by atoms with Crippen molar-refractivity contribution in [1.82, 2.24) is 0 Å². The van der Waals surface area contributed by atoms with E-state index in [-0.39, 0.29) is 0 Å². The molecule has 0 unspecified atom stereocenters. The number of hydrogen-bond acceptors (Lipinski definition) is 2. The molecule has 0 amide bonds. The maximum atomic E-state index is 10.3. The monoisotopic (exact) mass is 137 g/mol. The van der Waals surface area contributed by atoms with Crippen molar-refractivity contribution in [3.8, 4) is 0 Å². The molecule has 0 fully saturated rings. The van der Waals surface area contributed by atoms with Crippen molar-refractivity contribution >= 4 is 12.1 Å². The summed E-state index contributed by atoms with van der Waals surface area (Å²) in [5.74, 6) is 0.748. The van der Waals surface area contributed by atoms with Gasteiger partial charge in [0.15, 0.2) is 6.29 Å². The molecule has 1 aromatic heterocycles. The van der Waals surface area contributed by atoms with Gasteiger partial charge >= 0.3 is 0 Å². The minimum Gasteiger partial charge on any atom is -0.298 e. The minimum atomic E-state index is 0.644. The van der Waals surface area contributed by atoms with Crippen LogP contribution >= 0.6 is 0 Å². The van der Waals surface area contributed by atoms with Crippen LogP contribution in [0.3, 0.4) is 0 Å². The van der Waals surface area contributed by atoms with Crippen LogP contribution in [0.15, 0.2) is 18.3 Å². The van der Waals surface area contributed by atoms with Crippen molar-refractivity contribution in [2.75, 3.05) is 12.4 Å². The van der Waals surface area contributed by atoms with Crippen LogP contribution in [0, 0.1) is 0 Å². The van der Waals surface area contributed by atoms with Crippen molar-refractivity contribution in [3.63, 3.8) is 0 Å². The fourth-order valence-corrected chi connectivity index (χ4v) is 0.765. The number of H-pyrrole nitrogens is 1. The van der Waals surface area contributed by atoms with E-state index < -0.39 is 0 Å². The molecule has 0 saturated heterocycles. The predicted molar refractivity (Wildman–Crippen MR) is 37.9 cm³/mol. The first-order valence-electron chi connectivity index (χ1n) is 3.02. The Kier molecular flexibility index (Phi) is 1.99. The van der Waals surface area contributed by atoms with Gasteiger partial charge in [-0.3, -0.25) is 10.1 Å². The molecule has 3 nitrogen and oxygen atoms in total. The number of aromatic amines is 1. The number of hydrogen-bond donors (Lipinski definition) is 1. The number of nitrogens with one attached hydrogen (secondary N) is 2. The molecule has 1 aromatic rings. The molecular weight excluding hydrogens is 128 g/mol. The molecule has 0 aliphatic carbocycles. The van der Waals surface area contributed by atoms with Crippen LogP contribution in [0.1, 0.15) is 10.4 Å². The maximum Gasteiger partial charge on any atom is 0.282 e. The minimum absolute atomic E-state index is 0.644. The number of aromatic nitrogens is 1. The molecule has 2 N–H and O–H groups in total. The highest BCUT2D eigenvalue weighted by Gasteiger charge is 2.02. The van der Waals surface area contributed by atoms with Gasteiger partial charge in [0.25, 0.3) is 5.82 Å². The van der Waals surface area contributed by atoms with Crippen molar-refractivity contribution < 1.29 is 9.78 Å². The first-order chi connectivity index (χ1) is 4.88. The largest absolute Gasteiger partial charge is 0.298 e. The van der Waals surface area contributed by atoms with E-state index in [0.29, 0.717) is 5.56 Å². The van der Waals surface area contributed by atoms with Crippen LogP contribution in [0.25, 0.3) is 0 Å². The Hall–Kier alpha value is -1.38. The first kappa shape index (κ1) is 6.74. The third-order valence-corrected chi connectivity index (χ3v) is 1.27. The summed E-state index contributed by atoms with van der Waals surface area (Å²) in [7, 11) is 1.76. The molecule has 0 bridgehead atoms. The molecule has 0 aliphatic heterocycles. The van der Waals surface area contributed by atoms with Gasteiger partial charge in [-0.05, 0) is 12.1 Å². The Labute approximate surface area is 59.1 Å². The van der Waals surface area contributed by atoms with Gasteiger partial charge in [-0.1, -0.05) is 0 Å². The predicted octanol–water partition coefficient (Wildman–Crippen LogP) is 0.355. The van der Waals surface area contributed by atoms with Gasteiger partial charge in [0.1, 0.15) is 5.56 Å². The molecule has 10 heavy (non-hydrogen) atoms. The highest BCUT2D eigenvalue weighted by atomic mass is 16.1. The van der Waals surface area contributed by atoms with Crippen molar-refractivity contribution in [1.29, 1.82) is 0 Å². The fraction of sp³-hybridized carbons (Fsp3) is 0.143. The Morgan fingerprint density at radius 1 is 1.70 bits per heavy atom. The lowest BCUT2D eigenvalue weighted by Gasteiger charge is -1.92. The van der Waals surface area contributed by atoms with Crippen LogP contribution in [0.5, 0.6) is 0 Å². The third-order valence-electron chi connectivity index (χ3n) is 1.27. The summed E-state index contributed by atoms with van der Waals surface area (Å²) in [6.45, 7) is 0. The third kappa shape index (κ3) is 1.13. The molecule has 0 aromatic carbocycles. The number of aldehydes is 1. The van der Waals surface area contributed by atoms with Crippen LogP contribution in [0.4, 0.5) is 5.82 Å². The summed E-state index contributed by atoms with van der Waals surface area (Å²) in [5.41, 5.74) is 0.644. The second kappa shape index (κ2) is 2.96. The van der Waals surface area contributed by atoms with E-state index in [9.17, 15) is 4.79 Å². The number of carbonyl (C=O) groups is 1. The lowest BCUT2D eigenvalue weighted by Crippen LogP contribution is -2.11. The van der Waals surface area contributed by atoms with Crippen LogP contribution in [0.2, 0.25) is 0 Å². The van der Waals surface area contributed by atoms with Gasteiger partial charge < -0.3 is 0 Å². The van der Waals surface area contributed by atoms with Crippen molar-refractivity contribution in [3.05, 3.63) is 23.9 Å². The Morgan fingerprint density at radius 3 is 3.00 bits per heavy atom. The normalized spacial score (nSPS) is 8.90. The van der Waals surface area contributed by atoms with Gasteiger partial charge in [-0.2, -0.15) is 0 Å². The zero-order valence-corrected chi connectivity index (χ0v) is 5.72. The number of pyridine rings is 1. The number of rotatable bonds is 2. The average Bonchev–Trinajstić information content (AvgIpc) is 2.04. The lowest BCUT2D eigenvalue weighted by molar-refractivity contribution is -0.361. The zero-order valence-electron chi connectivity index (χ0n) is 5.72. The van der Waals surface area contributed by atoms with Gasteiger partial charge in [-0.15, -0.1) is 0 Å². The van der Waals surface area contributed by atoms with Gasteiger partial charge in [0, 0.05) is 0 Å². The van der Waals surface area contributed by atoms with Gasteiger partial charge in [0.2, 0.25) is 0 Å². The summed E-state index contributed by atoms with van der Waals surface area (Å²) in [6, 6.07) is 3.53. The summed E-state index contributed by atoms with van der Waals surface area (Å²) >= 11 is 0. The second-order valence-electron chi connectivity index (χ2n) is 1.87. The standard InChI is InChI=1S/C7H8N2O/c1-8-7-6(5-10)3-2-4-9-7/h2-5H,1H3,(H,8,9)/p+1. The molecule has 0 atom stereocenters. The highest BCUT2D eigenvalue weighted by Crippen LogP contribution is 2.01. The number of anilines is 1. The van der Waals surface area contributed by atoms with Crippen molar-refractivity contribution in [2.45, 2.75) is 0 Å². The topological polar surface area (TPSA) is 43.2 Å². The van der Waals surface area contributed by atoms with Crippen LogP contribution in [-0.2, 0) is 0 Å². The Bertz CT molecular complexity index is 235. The molecular formula is C7H9N2O+. The molecule has 52 valence electrons. The van der Waals surface area contributed by atoms with E-state index in [1.165, 1.54) is 0 Å². The fourth-order valence-electron chi connectivity index (χ4n) is 0.765. The van der Waals surface area contributed by atoms with E-state index in [2.05, 4.69) is 10.3 Å². The summed E-state index contributed by atoms with van der Waals surface area (Å²) in [6.07, 6.45) is 2.57. The van der Waals surface area contributed by atoms with E-state index in [4.69, 9.17) is 0 Å². The molecule has 0 radical (unpaired) electrons. The Morgan fingerprint density at radius 2 is 2.50 bits per heavy atom. The van der Waals surface area contributed by atoms with Crippen LogP contribution < -0.4 is 10.3 Å². The average molecular weight is 137 g/mol. The van der Waals surface area contributed by atoms with Gasteiger partial charge in [-0.25, -0.2) is 4.98 Å². The molecule has 0 saturated carbocycles. The van der Waals surface area contributed by atoms with E-state index in [0.717, 1.165) is 12.1 Å². The SMILES string of the molecule is CNc1[nH+]cccc1C=O. The van der Waals surface area contributed by atoms with E-state index >= 15 is 0 Å². The van der Waals surface area contributed by atoms with E-state index in [1.807, 2.05) is 0 Å². The number of carbonyl (C=O) groups excluding carboxylic acids is 1. The second-order valence-corrected chi connectivity index (χ2v) is 1.87. The summed E-state index contributed by atoms with van der Waals surface area (Å²) in [5, 5.41) is 2.86. The van der Waals surface area contributed by atoms with Crippen molar-refractivity contribution in [2.24, 2.45) is 0 Å². The molecule has 3 heteroatoms. The van der Waals surface area contributed by atoms with E-state index in [1.54, 1.807) is 25.4 Å². The zero-order chi connectivity index (χ0) is 7.40. The molecule has 0 aliphatic rings. The highest BCUT2D eigenvalue weighted by molar-refractivity contribution is 5.80. The first-order valence-corrected chi connectivity index (χ1v) is 3.02. The smallest absolute Gasteiger partial charge is 0.282 e. The van der Waals surface area contributed by atoms with Gasteiger partial charge in [0.05, 0.1) is 13.2 Å². The Balaban J connectivity index is 3.08. The quantitative estimate of drug-likeness (QED) is 0.598. The lowest BCUT2D eigenvalue weighted by atomic mass is 10.3. The molecule has 1 heterocycles. The van der Waals surface area contributed by atoms with Crippen LogP contribution in [-0.4, -0.2) is 13.3 Å². The molecule has 0 spiro atoms. The summed E-state index contributed by atoms with van der Waals surface area (Å²) < 4.78 is 0. The maximum absolute atomic E-state index is 10.3. The summed E-state index contributed by atoms with van der Waals surface area (Å²) in [4.78, 5) is 13.2. The molecule has 1 rings (SSSR count).